The van der Waals surface area contributed by atoms with Gasteiger partial charge in [0.25, 0.3) is 0 Å². The number of methoxy groups -OCH3 is 1. The molecule has 156 valence electrons. The normalized spacial score (nSPS) is 17.3. The molecule has 0 saturated carbocycles. The number of para-hydroxylation sites is 2. The van der Waals surface area contributed by atoms with Crippen molar-refractivity contribution in [3.05, 3.63) is 60.2 Å². The van der Waals surface area contributed by atoms with Gasteiger partial charge in [0.2, 0.25) is 0 Å². The maximum atomic E-state index is 5.52. The van der Waals surface area contributed by atoms with E-state index in [1.54, 1.807) is 7.11 Å². The molecular formula is C24H34N4O. The molecule has 2 aromatic rings. The lowest BCUT2D eigenvalue weighted by Gasteiger charge is -2.27. The van der Waals surface area contributed by atoms with Crippen molar-refractivity contribution >= 4 is 11.6 Å². The Bertz CT molecular complexity index is 804. The Morgan fingerprint density at radius 2 is 1.83 bits per heavy atom. The summed E-state index contributed by atoms with van der Waals surface area (Å²) >= 11 is 0. The number of hydrogen-bond donors (Lipinski definition) is 2. The summed E-state index contributed by atoms with van der Waals surface area (Å²) < 4.78 is 5.52. The molecule has 1 unspecified atom stereocenters. The fourth-order valence-electron chi connectivity index (χ4n) is 3.87. The number of rotatable bonds is 7. The second kappa shape index (κ2) is 9.68. The first-order chi connectivity index (χ1) is 14.0. The number of ether oxygens (including phenoxy) is 1. The number of guanidine groups is 1. The van der Waals surface area contributed by atoms with Gasteiger partial charge in [0, 0.05) is 38.6 Å². The van der Waals surface area contributed by atoms with Gasteiger partial charge in [0.1, 0.15) is 5.75 Å². The van der Waals surface area contributed by atoms with Crippen LogP contribution >= 0.6 is 0 Å². The molecule has 1 fully saturated rings. The van der Waals surface area contributed by atoms with Gasteiger partial charge in [-0.2, -0.15) is 0 Å². The van der Waals surface area contributed by atoms with E-state index in [0.29, 0.717) is 5.92 Å². The summed E-state index contributed by atoms with van der Waals surface area (Å²) in [5.74, 6) is 2.40. The molecular weight excluding hydrogens is 360 g/mol. The lowest BCUT2D eigenvalue weighted by Crippen LogP contribution is -2.45. The molecule has 2 aromatic carbocycles. The number of benzene rings is 2. The van der Waals surface area contributed by atoms with Gasteiger partial charge in [0.15, 0.2) is 5.96 Å². The van der Waals surface area contributed by atoms with Crippen LogP contribution in [0.4, 0.5) is 5.69 Å². The predicted molar refractivity (Wildman–Crippen MR) is 122 cm³/mol. The SMILES string of the molecule is CN=C(NCC1CCN(c2ccccc2OC)C1)NCC(C)(C)c1ccccc1. The number of hydrogen-bond acceptors (Lipinski definition) is 3. The molecule has 0 bridgehead atoms. The first kappa shape index (κ1) is 21.0. The highest BCUT2D eigenvalue weighted by Crippen LogP contribution is 2.31. The Morgan fingerprint density at radius 1 is 1.10 bits per heavy atom. The van der Waals surface area contributed by atoms with Crippen LogP contribution < -0.4 is 20.3 Å². The van der Waals surface area contributed by atoms with Gasteiger partial charge in [-0.05, 0) is 30.0 Å². The van der Waals surface area contributed by atoms with Crippen molar-refractivity contribution in [2.24, 2.45) is 10.9 Å². The lowest BCUT2D eigenvalue weighted by molar-refractivity contribution is 0.414. The summed E-state index contributed by atoms with van der Waals surface area (Å²) in [4.78, 5) is 6.83. The molecule has 0 radical (unpaired) electrons. The van der Waals surface area contributed by atoms with Crippen molar-refractivity contribution in [2.45, 2.75) is 25.7 Å². The zero-order valence-corrected chi connectivity index (χ0v) is 18.1. The Morgan fingerprint density at radius 3 is 2.55 bits per heavy atom. The smallest absolute Gasteiger partial charge is 0.191 e. The second-order valence-corrected chi connectivity index (χ2v) is 8.33. The Labute approximate surface area is 175 Å². The maximum Gasteiger partial charge on any atom is 0.191 e. The third-order valence-electron chi connectivity index (χ3n) is 5.75. The summed E-state index contributed by atoms with van der Waals surface area (Å²) in [7, 11) is 3.57. The summed E-state index contributed by atoms with van der Waals surface area (Å²) in [6.45, 7) is 8.33. The molecule has 0 spiro atoms. The molecule has 1 saturated heterocycles. The number of aliphatic imine (C=N–C) groups is 1. The zero-order chi connectivity index (χ0) is 20.7. The van der Waals surface area contributed by atoms with Crippen LogP contribution in [-0.2, 0) is 5.41 Å². The second-order valence-electron chi connectivity index (χ2n) is 8.33. The summed E-state index contributed by atoms with van der Waals surface area (Å²) in [5, 5.41) is 7.02. The van der Waals surface area contributed by atoms with Crippen LogP contribution in [0, 0.1) is 5.92 Å². The van der Waals surface area contributed by atoms with Gasteiger partial charge in [-0.1, -0.05) is 56.3 Å². The molecule has 1 atom stereocenters. The standard InChI is InChI=1S/C24H34N4O/c1-24(2,20-10-6-5-7-11-20)18-27-23(25-3)26-16-19-14-15-28(17-19)21-12-8-9-13-22(21)29-4/h5-13,19H,14-18H2,1-4H3,(H2,25,26,27). The minimum absolute atomic E-state index is 0.0346. The summed E-state index contributed by atoms with van der Waals surface area (Å²) in [6, 6.07) is 18.9. The monoisotopic (exact) mass is 394 g/mol. The fraction of sp³-hybridized carbons (Fsp3) is 0.458. The largest absolute Gasteiger partial charge is 0.495 e. The van der Waals surface area contributed by atoms with Crippen LogP contribution in [0.3, 0.4) is 0 Å². The highest BCUT2D eigenvalue weighted by Gasteiger charge is 2.25. The van der Waals surface area contributed by atoms with Gasteiger partial charge in [-0.25, -0.2) is 0 Å². The van der Waals surface area contributed by atoms with Gasteiger partial charge in [0.05, 0.1) is 12.8 Å². The predicted octanol–water partition coefficient (Wildman–Crippen LogP) is 3.66. The lowest BCUT2D eigenvalue weighted by atomic mass is 9.85. The van der Waals surface area contributed by atoms with Crippen molar-refractivity contribution in [1.29, 1.82) is 0 Å². The number of anilines is 1. The molecule has 2 N–H and O–H groups in total. The summed E-state index contributed by atoms with van der Waals surface area (Å²) in [5.41, 5.74) is 2.54. The van der Waals surface area contributed by atoms with E-state index in [1.165, 1.54) is 11.3 Å². The van der Waals surface area contributed by atoms with Gasteiger partial charge < -0.3 is 20.3 Å². The van der Waals surface area contributed by atoms with Gasteiger partial charge in [-0.3, -0.25) is 4.99 Å². The Kier molecular flexibility index (Phi) is 7.02. The van der Waals surface area contributed by atoms with Crippen molar-refractivity contribution in [3.8, 4) is 5.75 Å². The zero-order valence-electron chi connectivity index (χ0n) is 18.1. The van der Waals surface area contributed by atoms with Crippen LogP contribution in [-0.4, -0.2) is 46.3 Å². The van der Waals surface area contributed by atoms with Gasteiger partial charge >= 0.3 is 0 Å². The molecule has 5 heteroatoms. The van der Waals surface area contributed by atoms with Crippen molar-refractivity contribution < 1.29 is 4.74 Å². The highest BCUT2D eigenvalue weighted by molar-refractivity contribution is 5.79. The number of nitrogens with zero attached hydrogens (tertiary/aromatic N) is 2. The topological polar surface area (TPSA) is 48.9 Å². The molecule has 29 heavy (non-hydrogen) atoms. The van der Waals surface area contributed by atoms with Crippen LogP contribution in [0.15, 0.2) is 59.6 Å². The maximum absolute atomic E-state index is 5.52. The average molecular weight is 395 g/mol. The third-order valence-corrected chi connectivity index (χ3v) is 5.75. The molecule has 1 aliphatic rings. The highest BCUT2D eigenvalue weighted by atomic mass is 16.5. The van der Waals surface area contributed by atoms with Crippen molar-refractivity contribution in [3.63, 3.8) is 0 Å². The van der Waals surface area contributed by atoms with Crippen molar-refractivity contribution in [1.82, 2.24) is 10.6 Å². The molecule has 5 nitrogen and oxygen atoms in total. The average Bonchev–Trinajstić information content (AvgIpc) is 3.23. The van der Waals surface area contributed by atoms with E-state index in [2.05, 4.69) is 76.8 Å². The van der Waals surface area contributed by atoms with E-state index in [1.807, 2.05) is 19.2 Å². The minimum Gasteiger partial charge on any atom is -0.495 e. The molecule has 3 rings (SSSR count). The minimum atomic E-state index is 0.0346. The third kappa shape index (κ3) is 5.43. The van der Waals surface area contributed by atoms with E-state index in [4.69, 9.17) is 4.74 Å². The van der Waals surface area contributed by atoms with Crippen LogP contribution in [0.2, 0.25) is 0 Å². The quantitative estimate of drug-likeness (QED) is 0.556. The molecule has 0 aromatic heterocycles. The van der Waals surface area contributed by atoms with Crippen molar-refractivity contribution in [2.75, 3.05) is 45.2 Å². The van der Waals surface area contributed by atoms with E-state index in [9.17, 15) is 0 Å². The molecule has 1 aliphatic heterocycles. The summed E-state index contributed by atoms with van der Waals surface area (Å²) in [6.07, 6.45) is 1.16. The molecule has 0 amide bonds. The van der Waals surface area contributed by atoms with E-state index >= 15 is 0 Å². The van der Waals surface area contributed by atoms with E-state index in [-0.39, 0.29) is 5.41 Å². The van der Waals surface area contributed by atoms with Gasteiger partial charge in [-0.15, -0.1) is 0 Å². The fourth-order valence-corrected chi connectivity index (χ4v) is 3.87. The Hall–Kier alpha value is -2.69. The Balaban J connectivity index is 1.49. The number of nitrogens with one attached hydrogen (secondary N) is 2. The van der Waals surface area contributed by atoms with E-state index in [0.717, 1.165) is 44.3 Å². The molecule has 1 heterocycles. The van der Waals surface area contributed by atoms with E-state index < -0.39 is 0 Å². The first-order valence-corrected chi connectivity index (χ1v) is 10.4. The van der Waals surface area contributed by atoms with Crippen LogP contribution in [0.25, 0.3) is 0 Å². The van der Waals surface area contributed by atoms with Crippen LogP contribution in [0.5, 0.6) is 5.75 Å². The van der Waals surface area contributed by atoms with Crippen LogP contribution in [0.1, 0.15) is 25.8 Å². The molecule has 0 aliphatic carbocycles. The first-order valence-electron chi connectivity index (χ1n) is 10.4.